The van der Waals surface area contributed by atoms with E-state index in [0.29, 0.717) is 12.1 Å². The molecule has 122 valence electrons. The third-order valence-electron chi connectivity index (χ3n) is 3.97. The molecule has 1 N–H and O–H groups in total. The fourth-order valence-electron chi connectivity index (χ4n) is 2.66. The van der Waals surface area contributed by atoms with Gasteiger partial charge in [0.15, 0.2) is 0 Å². The average Bonchev–Trinajstić information content (AvgIpc) is 3.11. The van der Waals surface area contributed by atoms with E-state index >= 15 is 0 Å². The number of benzene rings is 1. The highest BCUT2D eigenvalue weighted by molar-refractivity contribution is 5.95. The van der Waals surface area contributed by atoms with Gasteiger partial charge in [-0.15, -0.1) is 0 Å². The highest BCUT2D eigenvalue weighted by Gasteiger charge is 2.09. The molecule has 0 aliphatic heterocycles. The van der Waals surface area contributed by atoms with Gasteiger partial charge in [-0.25, -0.2) is 4.98 Å². The van der Waals surface area contributed by atoms with Crippen LogP contribution in [0, 0.1) is 0 Å². The Kier molecular flexibility index (Phi) is 3.96. The zero-order valence-electron chi connectivity index (χ0n) is 13.5. The van der Waals surface area contributed by atoms with Gasteiger partial charge in [0, 0.05) is 42.5 Å². The van der Waals surface area contributed by atoms with Gasteiger partial charge in [-0.1, -0.05) is 36.4 Å². The third-order valence-corrected chi connectivity index (χ3v) is 3.97. The van der Waals surface area contributed by atoms with E-state index in [1.54, 1.807) is 24.5 Å². The number of hydrogen-bond acceptors (Lipinski definition) is 3. The number of imidazole rings is 1. The predicted molar refractivity (Wildman–Crippen MR) is 96.0 cm³/mol. The average molecular weight is 328 g/mol. The first-order valence-electron chi connectivity index (χ1n) is 8.01. The van der Waals surface area contributed by atoms with E-state index in [9.17, 15) is 4.79 Å². The summed E-state index contributed by atoms with van der Waals surface area (Å²) in [4.78, 5) is 21.0. The number of hydrogen-bond donors (Lipinski definition) is 1. The van der Waals surface area contributed by atoms with Gasteiger partial charge in [0.1, 0.15) is 5.65 Å². The second kappa shape index (κ2) is 6.57. The number of carbonyl (C=O) groups is 1. The SMILES string of the molecule is O=C(NCc1cccnc1)c1ccn2cc(-c3ccccc3)nc2c1. The van der Waals surface area contributed by atoms with Crippen LogP contribution in [0.2, 0.25) is 0 Å². The molecule has 1 amide bonds. The van der Waals surface area contributed by atoms with Crippen molar-refractivity contribution >= 4 is 11.6 Å². The van der Waals surface area contributed by atoms with Crippen molar-refractivity contribution in [2.24, 2.45) is 0 Å². The number of fused-ring (bicyclic) bond motifs is 1. The lowest BCUT2D eigenvalue weighted by molar-refractivity contribution is 0.0951. The minimum Gasteiger partial charge on any atom is -0.348 e. The molecule has 5 nitrogen and oxygen atoms in total. The topological polar surface area (TPSA) is 59.3 Å². The summed E-state index contributed by atoms with van der Waals surface area (Å²) in [5.41, 5.74) is 4.22. The van der Waals surface area contributed by atoms with E-state index in [-0.39, 0.29) is 5.91 Å². The van der Waals surface area contributed by atoms with Crippen LogP contribution >= 0.6 is 0 Å². The maximum absolute atomic E-state index is 12.4. The molecule has 0 unspecified atom stereocenters. The molecule has 1 aromatic carbocycles. The molecule has 4 rings (SSSR count). The summed E-state index contributed by atoms with van der Waals surface area (Å²) in [6.07, 6.45) is 7.27. The van der Waals surface area contributed by atoms with Crippen molar-refractivity contribution in [3.8, 4) is 11.3 Å². The summed E-state index contributed by atoms with van der Waals surface area (Å²) in [5, 5.41) is 2.90. The van der Waals surface area contributed by atoms with Gasteiger partial charge in [0.25, 0.3) is 5.91 Å². The Hall–Kier alpha value is -3.47. The van der Waals surface area contributed by atoms with Gasteiger partial charge in [0.05, 0.1) is 5.69 Å². The highest BCUT2D eigenvalue weighted by Crippen LogP contribution is 2.19. The Labute approximate surface area is 145 Å². The molecule has 0 fully saturated rings. The van der Waals surface area contributed by atoms with E-state index in [4.69, 9.17) is 0 Å². The number of amides is 1. The maximum Gasteiger partial charge on any atom is 0.251 e. The lowest BCUT2D eigenvalue weighted by Gasteiger charge is -2.05. The van der Waals surface area contributed by atoms with Crippen molar-refractivity contribution in [2.75, 3.05) is 0 Å². The molecule has 0 saturated carbocycles. The largest absolute Gasteiger partial charge is 0.348 e. The molecule has 0 aliphatic rings. The molecule has 25 heavy (non-hydrogen) atoms. The number of nitrogens with zero attached hydrogens (tertiary/aromatic N) is 3. The zero-order valence-corrected chi connectivity index (χ0v) is 13.5. The van der Waals surface area contributed by atoms with Crippen molar-refractivity contribution in [3.05, 3.63) is 90.5 Å². The molecule has 0 spiro atoms. The molecule has 0 aliphatic carbocycles. The Morgan fingerprint density at radius 3 is 2.76 bits per heavy atom. The van der Waals surface area contributed by atoms with Crippen molar-refractivity contribution in [3.63, 3.8) is 0 Å². The summed E-state index contributed by atoms with van der Waals surface area (Å²) >= 11 is 0. The van der Waals surface area contributed by atoms with Crippen LogP contribution < -0.4 is 5.32 Å². The molecule has 0 bridgehead atoms. The number of nitrogens with one attached hydrogen (secondary N) is 1. The van der Waals surface area contributed by atoms with E-state index in [0.717, 1.165) is 22.5 Å². The normalized spacial score (nSPS) is 10.7. The summed E-state index contributed by atoms with van der Waals surface area (Å²) in [7, 11) is 0. The summed E-state index contributed by atoms with van der Waals surface area (Å²) in [6.45, 7) is 0.446. The van der Waals surface area contributed by atoms with Crippen LogP contribution in [0.4, 0.5) is 0 Å². The standard InChI is InChI=1S/C20H16N4O/c25-20(22-13-15-5-4-9-21-12-15)17-8-10-24-14-18(23-19(24)11-17)16-6-2-1-3-7-16/h1-12,14H,13H2,(H,22,25). The maximum atomic E-state index is 12.4. The fraction of sp³-hybridized carbons (Fsp3) is 0.0500. The Balaban J connectivity index is 1.55. The zero-order chi connectivity index (χ0) is 17.1. The monoisotopic (exact) mass is 328 g/mol. The first-order chi connectivity index (χ1) is 12.3. The predicted octanol–water partition coefficient (Wildman–Crippen LogP) is 3.33. The Morgan fingerprint density at radius 2 is 1.96 bits per heavy atom. The highest BCUT2D eigenvalue weighted by atomic mass is 16.1. The Morgan fingerprint density at radius 1 is 1.08 bits per heavy atom. The molecule has 3 heterocycles. The number of rotatable bonds is 4. The molecule has 5 heteroatoms. The summed E-state index contributed by atoms with van der Waals surface area (Å²) in [6, 6.07) is 17.3. The number of carbonyl (C=O) groups excluding carboxylic acids is 1. The van der Waals surface area contributed by atoms with Gasteiger partial charge in [-0.05, 0) is 23.8 Å². The summed E-state index contributed by atoms with van der Waals surface area (Å²) in [5.74, 6) is -0.129. The van der Waals surface area contributed by atoms with E-state index in [2.05, 4.69) is 15.3 Å². The minimum absolute atomic E-state index is 0.129. The molecular formula is C20H16N4O. The Bertz CT molecular complexity index is 1010. The quantitative estimate of drug-likeness (QED) is 0.625. The molecular weight excluding hydrogens is 312 g/mol. The van der Waals surface area contributed by atoms with Crippen LogP contribution in [0.25, 0.3) is 16.9 Å². The lowest BCUT2D eigenvalue weighted by Crippen LogP contribution is -2.22. The third kappa shape index (κ3) is 3.26. The van der Waals surface area contributed by atoms with Crippen LogP contribution in [-0.2, 0) is 6.54 Å². The fourth-order valence-corrected chi connectivity index (χ4v) is 2.66. The van der Waals surface area contributed by atoms with Gasteiger partial charge in [-0.3, -0.25) is 9.78 Å². The van der Waals surface area contributed by atoms with E-state index in [1.165, 1.54) is 0 Å². The number of pyridine rings is 2. The van der Waals surface area contributed by atoms with Gasteiger partial charge < -0.3 is 9.72 Å². The van der Waals surface area contributed by atoms with Crippen LogP contribution in [-0.4, -0.2) is 20.3 Å². The lowest BCUT2D eigenvalue weighted by atomic mass is 10.2. The van der Waals surface area contributed by atoms with Crippen LogP contribution in [0.5, 0.6) is 0 Å². The van der Waals surface area contributed by atoms with Crippen molar-refractivity contribution in [2.45, 2.75) is 6.54 Å². The molecule has 4 aromatic rings. The van der Waals surface area contributed by atoms with Gasteiger partial charge in [0.2, 0.25) is 0 Å². The first-order valence-corrected chi connectivity index (χ1v) is 8.01. The van der Waals surface area contributed by atoms with Gasteiger partial charge >= 0.3 is 0 Å². The van der Waals surface area contributed by atoms with Crippen molar-refractivity contribution < 1.29 is 4.79 Å². The van der Waals surface area contributed by atoms with E-state index < -0.39 is 0 Å². The molecule has 0 radical (unpaired) electrons. The second-order valence-corrected chi connectivity index (χ2v) is 5.72. The smallest absolute Gasteiger partial charge is 0.251 e. The van der Waals surface area contributed by atoms with Crippen LogP contribution in [0.3, 0.4) is 0 Å². The van der Waals surface area contributed by atoms with Crippen LogP contribution in [0.1, 0.15) is 15.9 Å². The molecule has 3 aromatic heterocycles. The van der Waals surface area contributed by atoms with Gasteiger partial charge in [-0.2, -0.15) is 0 Å². The minimum atomic E-state index is -0.129. The second-order valence-electron chi connectivity index (χ2n) is 5.72. The number of aromatic nitrogens is 3. The molecule has 0 saturated heterocycles. The van der Waals surface area contributed by atoms with Crippen LogP contribution in [0.15, 0.2) is 79.4 Å². The summed E-state index contributed by atoms with van der Waals surface area (Å²) < 4.78 is 1.92. The van der Waals surface area contributed by atoms with Crippen molar-refractivity contribution in [1.29, 1.82) is 0 Å². The molecule has 0 atom stereocenters. The van der Waals surface area contributed by atoms with E-state index in [1.807, 2.05) is 59.3 Å². The van der Waals surface area contributed by atoms with Crippen molar-refractivity contribution in [1.82, 2.24) is 19.7 Å². The first kappa shape index (κ1) is 15.1.